The molecule has 0 aromatic heterocycles. The second-order valence-electron chi connectivity index (χ2n) is 12.7. The Balaban J connectivity index is 1.24. The van der Waals surface area contributed by atoms with Crippen LogP contribution >= 0.6 is 0 Å². The monoisotopic (exact) mass is 530 g/mol. The molecule has 210 valence electrons. The van der Waals surface area contributed by atoms with Gasteiger partial charge in [0.15, 0.2) is 6.04 Å². The molecular formula is C33H48N5O+. The summed E-state index contributed by atoms with van der Waals surface area (Å²) < 4.78 is 0. The normalized spacial score (nSPS) is 27.3. The van der Waals surface area contributed by atoms with Crippen LogP contribution in [0.3, 0.4) is 0 Å². The minimum Gasteiger partial charge on any atom is -0.349 e. The minimum atomic E-state index is -0.330. The predicted octanol–water partition coefficient (Wildman–Crippen LogP) is 3.24. The van der Waals surface area contributed by atoms with Crippen molar-refractivity contribution in [2.45, 2.75) is 108 Å². The SMILES string of the molecule is O=C(NC1CN2CCC1CC2)C(Cc1ccc2ccccc2c1)NC(NC1CCCCC1)=[NH+]C1CCCCC1. The number of piperidine rings is 3. The highest BCUT2D eigenvalue weighted by molar-refractivity contribution is 5.88. The van der Waals surface area contributed by atoms with Gasteiger partial charge in [0, 0.05) is 19.0 Å². The molecule has 5 fully saturated rings. The lowest BCUT2D eigenvalue weighted by Gasteiger charge is -2.45. The van der Waals surface area contributed by atoms with Crippen molar-refractivity contribution in [3.8, 4) is 0 Å². The van der Waals surface area contributed by atoms with Crippen molar-refractivity contribution < 1.29 is 9.79 Å². The van der Waals surface area contributed by atoms with Crippen LogP contribution in [0.4, 0.5) is 0 Å². The van der Waals surface area contributed by atoms with Crippen molar-refractivity contribution in [1.82, 2.24) is 20.9 Å². The highest BCUT2D eigenvalue weighted by Gasteiger charge is 2.37. The van der Waals surface area contributed by atoms with Gasteiger partial charge in [-0.1, -0.05) is 81.0 Å². The van der Waals surface area contributed by atoms with Gasteiger partial charge in [-0.25, -0.2) is 0 Å². The maximum absolute atomic E-state index is 14.0. The quantitative estimate of drug-likeness (QED) is 0.328. The van der Waals surface area contributed by atoms with Crippen molar-refractivity contribution in [2.24, 2.45) is 5.92 Å². The molecule has 2 aromatic rings. The Hall–Kier alpha value is -2.60. The van der Waals surface area contributed by atoms with E-state index in [0.717, 1.165) is 12.5 Å². The smallest absolute Gasteiger partial charge is 0.344 e. The van der Waals surface area contributed by atoms with Gasteiger partial charge in [-0.3, -0.25) is 20.4 Å². The van der Waals surface area contributed by atoms with E-state index in [0.29, 0.717) is 24.4 Å². The number of guanidine groups is 1. The van der Waals surface area contributed by atoms with Gasteiger partial charge in [-0.2, -0.15) is 0 Å². The Morgan fingerprint density at radius 1 is 0.846 bits per heavy atom. The number of nitrogens with one attached hydrogen (secondary N) is 4. The number of rotatable bonds is 7. The molecule has 39 heavy (non-hydrogen) atoms. The zero-order chi connectivity index (χ0) is 26.4. The molecule has 5 aliphatic rings. The van der Waals surface area contributed by atoms with Gasteiger partial charge in [-0.15, -0.1) is 0 Å². The maximum Gasteiger partial charge on any atom is 0.344 e. The molecule has 2 atom stereocenters. The van der Waals surface area contributed by atoms with E-state index in [1.165, 1.54) is 106 Å². The zero-order valence-corrected chi connectivity index (χ0v) is 23.6. The Morgan fingerprint density at radius 2 is 1.56 bits per heavy atom. The summed E-state index contributed by atoms with van der Waals surface area (Å²) in [4.78, 5) is 20.4. The fourth-order valence-electron chi connectivity index (χ4n) is 7.42. The number of fused-ring (bicyclic) bond motifs is 4. The van der Waals surface area contributed by atoms with Crippen LogP contribution in [-0.2, 0) is 11.2 Å². The van der Waals surface area contributed by atoms with E-state index < -0.39 is 0 Å². The fourth-order valence-corrected chi connectivity index (χ4v) is 7.42. The van der Waals surface area contributed by atoms with E-state index in [-0.39, 0.29) is 18.0 Å². The summed E-state index contributed by atoms with van der Waals surface area (Å²) >= 11 is 0. The molecule has 6 heteroatoms. The van der Waals surface area contributed by atoms with Crippen molar-refractivity contribution in [3.05, 3.63) is 48.0 Å². The van der Waals surface area contributed by atoms with Gasteiger partial charge >= 0.3 is 5.96 Å². The van der Waals surface area contributed by atoms with Gasteiger partial charge in [-0.05, 0) is 73.9 Å². The van der Waals surface area contributed by atoms with Crippen LogP contribution < -0.4 is 20.9 Å². The zero-order valence-electron chi connectivity index (χ0n) is 23.6. The third-order valence-corrected chi connectivity index (χ3v) is 9.78. The second kappa shape index (κ2) is 12.7. The standard InChI is InChI=1S/C33H47N5O/c39-32(36-31-23-38-19-17-26(31)18-20-38)30(22-24-15-16-25-9-7-8-10-27(25)21-24)37-33(34-28-11-3-1-4-12-28)35-29-13-5-2-6-14-29/h7-10,15-16,21,26,28-31H,1-6,11-14,17-20,22-23H2,(H,36,39)(H2,34,35,37)/p+1. The highest BCUT2D eigenvalue weighted by Crippen LogP contribution is 2.27. The number of hydrogen-bond donors (Lipinski definition) is 4. The van der Waals surface area contributed by atoms with Crippen molar-refractivity contribution >= 4 is 22.6 Å². The Kier molecular flexibility index (Phi) is 8.68. The fraction of sp³-hybridized carbons (Fsp3) is 0.636. The van der Waals surface area contributed by atoms with Crippen molar-refractivity contribution in [3.63, 3.8) is 0 Å². The van der Waals surface area contributed by atoms with Crippen LogP contribution in [0.25, 0.3) is 10.8 Å². The molecule has 6 nitrogen and oxygen atoms in total. The summed E-state index contributed by atoms with van der Waals surface area (Å²) in [7, 11) is 0. The third-order valence-electron chi connectivity index (χ3n) is 9.78. The number of nitrogens with zero attached hydrogens (tertiary/aromatic N) is 1. The largest absolute Gasteiger partial charge is 0.349 e. The van der Waals surface area contributed by atoms with Gasteiger partial charge in [0.1, 0.15) is 0 Å². The van der Waals surface area contributed by atoms with Crippen molar-refractivity contribution in [2.75, 3.05) is 19.6 Å². The second-order valence-corrected chi connectivity index (χ2v) is 12.7. The molecule has 4 N–H and O–H groups in total. The first-order valence-corrected chi connectivity index (χ1v) is 15.9. The molecule has 0 spiro atoms. The Morgan fingerprint density at radius 3 is 2.28 bits per heavy atom. The van der Waals surface area contributed by atoms with E-state index in [1.807, 2.05) is 0 Å². The average Bonchev–Trinajstić information content (AvgIpc) is 2.98. The molecule has 2 aromatic carbocycles. The molecule has 1 amide bonds. The minimum absolute atomic E-state index is 0.135. The van der Waals surface area contributed by atoms with Gasteiger partial charge < -0.3 is 10.2 Å². The lowest BCUT2D eigenvalue weighted by atomic mass is 9.84. The van der Waals surface area contributed by atoms with Gasteiger partial charge in [0.2, 0.25) is 0 Å². The number of carbonyl (C=O) groups is 1. The third kappa shape index (κ3) is 6.95. The van der Waals surface area contributed by atoms with E-state index in [4.69, 9.17) is 0 Å². The van der Waals surface area contributed by atoms with Crippen LogP contribution in [0.2, 0.25) is 0 Å². The summed E-state index contributed by atoms with van der Waals surface area (Å²) in [6, 6.07) is 16.0. The first kappa shape index (κ1) is 26.6. The number of carbonyl (C=O) groups excluding carboxylic acids is 1. The van der Waals surface area contributed by atoms with E-state index in [9.17, 15) is 4.79 Å². The number of benzene rings is 2. The molecule has 2 bridgehead atoms. The Labute approximate surface area is 234 Å². The van der Waals surface area contributed by atoms with E-state index >= 15 is 0 Å². The van der Waals surface area contributed by atoms with Gasteiger partial charge in [0.25, 0.3) is 5.91 Å². The number of amides is 1. The first-order chi connectivity index (χ1) is 19.2. The van der Waals surface area contributed by atoms with Crippen LogP contribution in [0, 0.1) is 5.92 Å². The summed E-state index contributed by atoms with van der Waals surface area (Å²) in [5, 5.41) is 13.6. The van der Waals surface area contributed by atoms with Crippen LogP contribution in [0.5, 0.6) is 0 Å². The molecule has 3 heterocycles. The molecule has 3 saturated heterocycles. The summed E-state index contributed by atoms with van der Waals surface area (Å²) in [5.41, 5.74) is 1.20. The molecular weight excluding hydrogens is 482 g/mol. The van der Waals surface area contributed by atoms with Crippen LogP contribution in [0.15, 0.2) is 42.5 Å². The van der Waals surface area contributed by atoms with E-state index in [2.05, 4.69) is 68.3 Å². The lowest BCUT2D eigenvalue weighted by Crippen LogP contribution is -2.86. The summed E-state index contributed by atoms with van der Waals surface area (Å²) in [6.07, 6.45) is 15.7. The maximum atomic E-state index is 14.0. The summed E-state index contributed by atoms with van der Waals surface area (Å²) in [6.45, 7) is 3.37. The molecule has 3 aliphatic heterocycles. The lowest BCUT2D eigenvalue weighted by molar-refractivity contribution is -0.512. The first-order valence-electron chi connectivity index (χ1n) is 15.9. The molecule has 2 aliphatic carbocycles. The van der Waals surface area contributed by atoms with Crippen LogP contribution in [-0.4, -0.2) is 60.6 Å². The van der Waals surface area contributed by atoms with Crippen LogP contribution in [0.1, 0.15) is 82.6 Å². The number of hydrogen-bond acceptors (Lipinski definition) is 2. The molecule has 0 radical (unpaired) electrons. The molecule has 2 unspecified atom stereocenters. The highest BCUT2D eigenvalue weighted by atomic mass is 16.2. The van der Waals surface area contributed by atoms with Gasteiger partial charge in [0.05, 0.1) is 12.1 Å². The molecule has 2 saturated carbocycles. The van der Waals surface area contributed by atoms with E-state index in [1.54, 1.807) is 0 Å². The molecule has 7 rings (SSSR count). The van der Waals surface area contributed by atoms with Crippen molar-refractivity contribution in [1.29, 1.82) is 0 Å². The summed E-state index contributed by atoms with van der Waals surface area (Å²) in [5.74, 6) is 1.73. The topological polar surface area (TPSA) is 70.4 Å². The predicted molar refractivity (Wildman–Crippen MR) is 159 cm³/mol. The Bertz CT molecular complexity index is 1130. The average molecular weight is 531 g/mol.